The quantitative estimate of drug-likeness (QED) is 0.866. The van der Waals surface area contributed by atoms with Crippen molar-refractivity contribution in [3.63, 3.8) is 0 Å². The standard InChI is InChI=1S/C12H19F3N4/c1-7(2)8(3)6-17-10-5-9(16-4)18-11(19-10)12(13,14)15/h5,7-8H,6H2,1-4H3,(H2,16,17,18,19). The third-order valence-electron chi connectivity index (χ3n) is 2.98. The Labute approximate surface area is 110 Å². The highest BCUT2D eigenvalue weighted by Crippen LogP contribution is 2.28. The summed E-state index contributed by atoms with van der Waals surface area (Å²) in [5, 5.41) is 5.52. The number of rotatable bonds is 5. The largest absolute Gasteiger partial charge is 0.451 e. The molecule has 7 heteroatoms. The van der Waals surface area contributed by atoms with Crippen LogP contribution in [0.1, 0.15) is 26.6 Å². The van der Waals surface area contributed by atoms with E-state index >= 15 is 0 Å². The lowest BCUT2D eigenvalue weighted by molar-refractivity contribution is -0.144. The van der Waals surface area contributed by atoms with E-state index in [1.807, 2.05) is 6.92 Å². The molecule has 2 N–H and O–H groups in total. The van der Waals surface area contributed by atoms with Gasteiger partial charge >= 0.3 is 6.18 Å². The molecule has 0 aliphatic heterocycles. The van der Waals surface area contributed by atoms with E-state index < -0.39 is 12.0 Å². The molecule has 1 aromatic rings. The van der Waals surface area contributed by atoms with Gasteiger partial charge in [-0.2, -0.15) is 13.2 Å². The lowest BCUT2D eigenvalue weighted by Crippen LogP contribution is -2.19. The monoisotopic (exact) mass is 276 g/mol. The van der Waals surface area contributed by atoms with Gasteiger partial charge in [0.05, 0.1) is 0 Å². The highest BCUT2D eigenvalue weighted by molar-refractivity contribution is 5.47. The summed E-state index contributed by atoms with van der Waals surface area (Å²) in [5.41, 5.74) is 0. The van der Waals surface area contributed by atoms with Crippen molar-refractivity contribution in [1.82, 2.24) is 9.97 Å². The molecule has 0 saturated carbocycles. The number of nitrogens with one attached hydrogen (secondary N) is 2. The zero-order valence-electron chi connectivity index (χ0n) is 11.5. The van der Waals surface area contributed by atoms with Crippen LogP contribution in [0.5, 0.6) is 0 Å². The third kappa shape index (κ3) is 4.57. The van der Waals surface area contributed by atoms with E-state index in [2.05, 4.69) is 34.4 Å². The SMILES string of the molecule is CNc1cc(NCC(C)C(C)C)nc(C(F)(F)F)n1. The van der Waals surface area contributed by atoms with Crippen molar-refractivity contribution in [2.45, 2.75) is 26.9 Å². The molecule has 1 aromatic heterocycles. The minimum atomic E-state index is -4.55. The average Bonchev–Trinajstić information content (AvgIpc) is 2.34. The van der Waals surface area contributed by atoms with Gasteiger partial charge in [0, 0.05) is 19.7 Å². The molecule has 1 atom stereocenters. The molecule has 0 aliphatic rings. The maximum Gasteiger partial charge on any atom is 0.451 e. The molecular formula is C12H19F3N4. The fraction of sp³-hybridized carbons (Fsp3) is 0.667. The molecule has 0 spiro atoms. The van der Waals surface area contributed by atoms with Crippen LogP contribution in [0.25, 0.3) is 0 Å². The lowest BCUT2D eigenvalue weighted by atomic mass is 9.98. The Morgan fingerprint density at radius 3 is 2.21 bits per heavy atom. The van der Waals surface area contributed by atoms with Crippen LogP contribution in [-0.4, -0.2) is 23.6 Å². The van der Waals surface area contributed by atoms with Crippen molar-refractivity contribution >= 4 is 11.6 Å². The Morgan fingerprint density at radius 1 is 1.16 bits per heavy atom. The van der Waals surface area contributed by atoms with Crippen LogP contribution in [0, 0.1) is 11.8 Å². The van der Waals surface area contributed by atoms with Crippen LogP contribution in [0.4, 0.5) is 24.8 Å². The van der Waals surface area contributed by atoms with E-state index in [4.69, 9.17) is 0 Å². The fourth-order valence-corrected chi connectivity index (χ4v) is 1.29. The number of hydrogen-bond acceptors (Lipinski definition) is 4. The number of halogens is 3. The summed E-state index contributed by atoms with van der Waals surface area (Å²) < 4.78 is 37.9. The Balaban J connectivity index is 2.89. The van der Waals surface area contributed by atoms with Crippen LogP contribution >= 0.6 is 0 Å². The minimum absolute atomic E-state index is 0.141. The zero-order valence-corrected chi connectivity index (χ0v) is 11.5. The molecule has 1 heterocycles. The first-order valence-corrected chi connectivity index (χ1v) is 6.12. The van der Waals surface area contributed by atoms with Crippen LogP contribution in [0.3, 0.4) is 0 Å². The third-order valence-corrected chi connectivity index (χ3v) is 2.98. The number of alkyl halides is 3. The van der Waals surface area contributed by atoms with Crippen molar-refractivity contribution in [1.29, 1.82) is 0 Å². The zero-order chi connectivity index (χ0) is 14.6. The van der Waals surface area contributed by atoms with Crippen LogP contribution in [0.15, 0.2) is 6.07 Å². The molecule has 0 radical (unpaired) electrons. The maximum absolute atomic E-state index is 12.6. The van der Waals surface area contributed by atoms with Crippen molar-refractivity contribution in [2.75, 3.05) is 24.2 Å². The summed E-state index contributed by atoms with van der Waals surface area (Å²) in [6.07, 6.45) is -4.55. The van der Waals surface area contributed by atoms with E-state index in [0.29, 0.717) is 18.4 Å². The first kappa shape index (κ1) is 15.5. The summed E-state index contributed by atoms with van der Waals surface area (Å²) in [6.45, 7) is 6.72. The molecule has 1 unspecified atom stereocenters. The van der Waals surface area contributed by atoms with E-state index in [1.54, 1.807) is 0 Å². The van der Waals surface area contributed by atoms with Gasteiger partial charge in [0.2, 0.25) is 5.82 Å². The van der Waals surface area contributed by atoms with Crippen molar-refractivity contribution in [3.05, 3.63) is 11.9 Å². The fourth-order valence-electron chi connectivity index (χ4n) is 1.29. The lowest BCUT2D eigenvalue weighted by Gasteiger charge is -2.17. The number of nitrogens with zero attached hydrogens (tertiary/aromatic N) is 2. The predicted molar refractivity (Wildman–Crippen MR) is 69.1 cm³/mol. The normalized spacial score (nSPS) is 13.5. The molecule has 0 saturated heterocycles. The van der Waals surface area contributed by atoms with Gasteiger partial charge in [0.1, 0.15) is 11.6 Å². The molecule has 1 rings (SSSR count). The molecule has 0 bridgehead atoms. The Bertz CT molecular complexity index is 418. The van der Waals surface area contributed by atoms with Gasteiger partial charge in [-0.1, -0.05) is 20.8 Å². The van der Waals surface area contributed by atoms with E-state index in [9.17, 15) is 13.2 Å². The molecule has 108 valence electrons. The van der Waals surface area contributed by atoms with Crippen LogP contribution in [0.2, 0.25) is 0 Å². The summed E-state index contributed by atoms with van der Waals surface area (Å²) in [6, 6.07) is 1.46. The van der Waals surface area contributed by atoms with Gasteiger partial charge in [0.25, 0.3) is 0 Å². The second-order valence-electron chi connectivity index (χ2n) is 4.81. The van der Waals surface area contributed by atoms with Gasteiger partial charge in [-0.05, 0) is 11.8 Å². The molecule has 0 aliphatic carbocycles. The molecule has 0 aromatic carbocycles. The number of aromatic nitrogens is 2. The highest BCUT2D eigenvalue weighted by atomic mass is 19.4. The first-order chi connectivity index (χ1) is 8.74. The van der Waals surface area contributed by atoms with Gasteiger partial charge in [-0.3, -0.25) is 0 Å². The van der Waals surface area contributed by atoms with E-state index in [-0.39, 0.29) is 11.6 Å². The predicted octanol–water partition coefficient (Wildman–Crippen LogP) is 3.24. The van der Waals surface area contributed by atoms with Crippen molar-refractivity contribution < 1.29 is 13.2 Å². The molecule has 19 heavy (non-hydrogen) atoms. The smallest absolute Gasteiger partial charge is 0.373 e. The minimum Gasteiger partial charge on any atom is -0.373 e. The van der Waals surface area contributed by atoms with E-state index in [0.717, 1.165) is 0 Å². The van der Waals surface area contributed by atoms with Crippen molar-refractivity contribution in [2.24, 2.45) is 11.8 Å². The van der Waals surface area contributed by atoms with Gasteiger partial charge in [-0.15, -0.1) is 0 Å². The summed E-state index contributed by atoms with van der Waals surface area (Å²) in [4.78, 5) is 6.89. The molecule has 4 nitrogen and oxygen atoms in total. The van der Waals surface area contributed by atoms with Gasteiger partial charge in [-0.25, -0.2) is 9.97 Å². The average molecular weight is 276 g/mol. The Hall–Kier alpha value is -1.53. The summed E-state index contributed by atoms with van der Waals surface area (Å²) in [7, 11) is 1.52. The molecule has 0 amide bonds. The second-order valence-corrected chi connectivity index (χ2v) is 4.81. The van der Waals surface area contributed by atoms with Crippen LogP contribution < -0.4 is 10.6 Å². The first-order valence-electron chi connectivity index (χ1n) is 6.12. The van der Waals surface area contributed by atoms with Crippen LogP contribution in [-0.2, 0) is 6.18 Å². The van der Waals surface area contributed by atoms with E-state index in [1.165, 1.54) is 13.1 Å². The highest BCUT2D eigenvalue weighted by Gasteiger charge is 2.35. The molecular weight excluding hydrogens is 257 g/mol. The Kier molecular flexibility index (Phi) is 4.97. The number of anilines is 2. The Morgan fingerprint density at radius 2 is 1.74 bits per heavy atom. The van der Waals surface area contributed by atoms with Crippen molar-refractivity contribution in [3.8, 4) is 0 Å². The van der Waals surface area contributed by atoms with Gasteiger partial charge in [0.15, 0.2) is 0 Å². The maximum atomic E-state index is 12.6. The topological polar surface area (TPSA) is 49.8 Å². The number of hydrogen-bond donors (Lipinski definition) is 2. The van der Waals surface area contributed by atoms with Gasteiger partial charge < -0.3 is 10.6 Å². The summed E-state index contributed by atoms with van der Waals surface area (Å²) in [5.74, 6) is -0.0391. The molecule has 0 fully saturated rings. The summed E-state index contributed by atoms with van der Waals surface area (Å²) >= 11 is 0. The second kappa shape index (κ2) is 6.08.